The number of hydrogen-bond donors (Lipinski definition) is 0. The van der Waals surface area contributed by atoms with E-state index in [2.05, 4.69) is 10.2 Å². The molecule has 178 valence electrons. The maximum absolute atomic E-state index is 14.3. The second-order valence-corrected chi connectivity index (χ2v) is 7.80. The Bertz CT molecular complexity index is 886. The number of ether oxygens (including phenoxy) is 1. The van der Waals surface area contributed by atoms with Gasteiger partial charge in [0.1, 0.15) is 22.9 Å². The molecule has 1 aromatic heterocycles. The van der Waals surface area contributed by atoms with Crippen molar-refractivity contribution in [3.8, 4) is 17.2 Å². The van der Waals surface area contributed by atoms with Crippen LogP contribution >= 0.6 is 0 Å². The van der Waals surface area contributed by atoms with Gasteiger partial charge in [-0.2, -0.15) is 22.0 Å². The maximum atomic E-state index is 14.3. The smallest absolute Gasteiger partial charge is 0.454 e. The summed E-state index contributed by atoms with van der Waals surface area (Å²) in [5.74, 6) is -6.51. The van der Waals surface area contributed by atoms with Gasteiger partial charge in [-0.25, -0.2) is 8.78 Å². The number of piperidine rings is 1. The topological polar surface area (TPSA) is 51.4 Å². The van der Waals surface area contributed by atoms with E-state index in [1.807, 2.05) is 0 Å². The van der Waals surface area contributed by atoms with E-state index in [9.17, 15) is 30.7 Å². The van der Waals surface area contributed by atoms with Crippen LogP contribution in [0.3, 0.4) is 0 Å². The fourth-order valence-corrected chi connectivity index (χ4v) is 3.60. The first-order valence-electron chi connectivity index (χ1n) is 10.1. The minimum atomic E-state index is -5.55. The first kappa shape index (κ1) is 24.3. The van der Waals surface area contributed by atoms with Gasteiger partial charge in [0.25, 0.3) is 5.89 Å². The van der Waals surface area contributed by atoms with Gasteiger partial charge < -0.3 is 9.15 Å². The molecule has 0 saturated carbocycles. The molecule has 0 spiro atoms. The van der Waals surface area contributed by atoms with E-state index in [0.717, 1.165) is 17.0 Å². The number of halogens is 7. The molecule has 0 amide bonds. The summed E-state index contributed by atoms with van der Waals surface area (Å²) < 4.78 is 102. The lowest BCUT2D eigenvalue weighted by Gasteiger charge is -2.34. The molecule has 2 aromatic rings. The van der Waals surface area contributed by atoms with Crippen molar-refractivity contribution in [2.45, 2.75) is 44.7 Å². The zero-order valence-electron chi connectivity index (χ0n) is 17.2. The summed E-state index contributed by atoms with van der Waals surface area (Å²) in [5.41, 5.74) is -0.444. The highest BCUT2D eigenvalue weighted by Crippen LogP contribution is 2.37. The molecule has 0 N–H and O–H groups in total. The fraction of sp³-hybridized carbons (Fsp3) is 0.600. The van der Waals surface area contributed by atoms with Gasteiger partial charge >= 0.3 is 12.1 Å². The van der Waals surface area contributed by atoms with Crippen molar-refractivity contribution in [2.75, 3.05) is 26.2 Å². The zero-order valence-corrected chi connectivity index (χ0v) is 17.2. The number of likely N-dealkylation sites (tertiary alicyclic amines) is 1. The zero-order chi connectivity index (χ0) is 23.5. The minimum Gasteiger partial charge on any atom is -0.493 e. The lowest BCUT2D eigenvalue weighted by Crippen LogP contribution is -2.49. The summed E-state index contributed by atoms with van der Waals surface area (Å²) in [5, 5.41) is 7.13. The van der Waals surface area contributed by atoms with Crippen LogP contribution in [0.4, 0.5) is 30.7 Å². The molecule has 1 fully saturated rings. The summed E-state index contributed by atoms with van der Waals surface area (Å²) in [6, 6.07) is 2.02. The molecule has 0 unspecified atom stereocenters. The molecular formula is C20H22F7N3O2. The Balaban J connectivity index is 1.42. The molecule has 2 heterocycles. The summed E-state index contributed by atoms with van der Waals surface area (Å²) >= 11 is 0. The summed E-state index contributed by atoms with van der Waals surface area (Å²) in [7, 11) is 0. The minimum absolute atomic E-state index is 0.0100. The molecule has 1 saturated heterocycles. The number of nitrogens with zero attached hydrogens (tertiary/aromatic N) is 3. The number of hydrogen-bond acceptors (Lipinski definition) is 5. The molecule has 1 aliphatic rings. The van der Waals surface area contributed by atoms with Crippen LogP contribution in [0.15, 0.2) is 16.5 Å². The average molecular weight is 469 g/mol. The largest absolute Gasteiger partial charge is 0.493 e. The number of benzene rings is 1. The van der Waals surface area contributed by atoms with Gasteiger partial charge in [-0.3, -0.25) is 4.90 Å². The molecule has 1 aliphatic heterocycles. The van der Waals surface area contributed by atoms with E-state index in [1.54, 1.807) is 0 Å². The fourth-order valence-electron chi connectivity index (χ4n) is 3.60. The van der Waals surface area contributed by atoms with Crippen molar-refractivity contribution >= 4 is 0 Å². The van der Waals surface area contributed by atoms with E-state index in [1.165, 1.54) is 6.92 Å². The van der Waals surface area contributed by atoms with Gasteiger partial charge in [-0.05, 0) is 44.7 Å². The van der Waals surface area contributed by atoms with Crippen molar-refractivity contribution in [1.29, 1.82) is 0 Å². The van der Waals surface area contributed by atoms with Crippen LogP contribution in [-0.2, 0) is 0 Å². The lowest BCUT2D eigenvalue weighted by atomic mass is 9.92. The standard InChI is InChI=1S/C20H22F7N3O2/c1-12-28-29-18(32-12)17-15(21)9-14(10-16(17)22)31-8-2-3-13-4-6-30(7-5-13)11-19(23,24)20(25,26)27/h9-10,13H,2-8,11H2,1H3. The SMILES string of the molecule is Cc1nnc(-c2c(F)cc(OCCCC3CCN(CC(F)(F)C(F)(F)F)CC3)cc2F)o1. The van der Waals surface area contributed by atoms with Gasteiger partial charge in [-0.15, -0.1) is 10.2 Å². The molecular weight excluding hydrogens is 447 g/mol. The third kappa shape index (κ3) is 5.90. The van der Waals surface area contributed by atoms with E-state index < -0.39 is 35.8 Å². The highest BCUT2D eigenvalue weighted by Gasteiger charge is 2.58. The number of alkyl halides is 5. The van der Waals surface area contributed by atoms with E-state index in [4.69, 9.17) is 9.15 Å². The van der Waals surface area contributed by atoms with E-state index in [-0.39, 0.29) is 43.1 Å². The van der Waals surface area contributed by atoms with Gasteiger partial charge in [0.2, 0.25) is 5.89 Å². The van der Waals surface area contributed by atoms with Crippen molar-refractivity contribution in [1.82, 2.24) is 15.1 Å². The third-order valence-electron chi connectivity index (χ3n) is 5.33. The monoisotopic (exact) mass is 469 g/mol. The lowest BCUT2D eigenvalue weighted by molar-refractivity contribution is -0.287. The number of rotatable bonds is 8. The summed E-state index contributed by atoms with van der Waals surface area (Å²) in [6.45, 7) is 0.646. The Morgan fingerprint density at radius 3 is 2.22 bits per heavy atom. The Hall–Kier alpha value is -2.37. The quantitative estimate of drug-likeness (QED) is 0.383. The van der Waals surface area contributed by atoms with Crippen molar-refractivity contribution < 1.29 is 39.9 Å². The van der Waals surface area contributed by atoms with Crippen LogP contribution in [0.5, 0.6) is 5.75 Å². The van der Waals surface area contributed by atoms with Gasteiger partial charge in [-0.1, -0.05) is 0 Å². The molecule has 12 heteroatoms. The second-order valence-electron chi connectivity index (χ2n) is 7.80. The van der Waals surface area contributed by atoms with Crippen LogP contribution < -0.4 is 4.74 Å². The van der Waals surface area contributed by atoms with Crippen molar-refractivity contribution in [3.63, 3.8) is 0 Å². The molecule has 0 aliphatic carbocycles. The summed E-state index contributed by atoms with van der Waals surface area (Å²) in [4.78, 5) is 1.12. The second kappa shape index (κ2) is 9.63. The molecule has 0 bridgehead atoms. The number of aryl methyl sites for hydroxylation is 1. The molecule has 0 radical (unpaired) electrons. The Labute approximate surface area is 179 Å². The van der Waals surface area contributed by atoms with Gasteiger partial charge in [0, 0.05) is 19.1 Å². The Kier molecular flexibility index (Phi) is 7.31. The number of aromatic nitrogens is 2. The predicted molar refractivity (Wildman–Crippen MR) is 99.3 cm³/mol. The first-order chi connectivity index (χ1) is 15.0. The van der Waals surface area contributed by atoms with E-state index >= 15 is 0 Å². The van der Waals surface area contributed by atoms with Crippen molar-refractivity contribution in [2.24, 2.45) is 5.92 Å². The highest BCUT2D eigenvalue weighted by atomic mass is 19.4. The molecule has 32 heavy (non-hydrogen) atoms. The van der Waals surface area contributed by atoms with Gasteiger partial charge in [0.15, 0.2) is 0 Å². The van der Waals surface area contributed by atoms with Crippen molar-refractivity contribution in [3.05, 3.63) is 29.7 Å². The maximum Gasteiger partial charge on any atom is 0.454 e. The van der Waals surface area contributed by atoms with E-state index in [0.29, 0.717) is 25.7 Å². The molecule has 1 aromatic carbocycles. The molecule has 3 rings (SSSR count). The summed E-state index contributed by atoms with van der Waals surface area (Å²) in [6.07, 6.45) is -3.36. The third-order valence-corrected chi connectivity index (χ3v) is 5.33. The molecule has 0 atom stereocenters. The molecule has 5 nitrogen and oxygen atoms in total. The van der Waals surface area contributed by atoms with Crippen LogP contribution in [0.2, 0.25) is 0 Å². The van der Waals surface area contributed by atoms with Crippen LogP contribution in [-0.4, -0.2) is 53.4 Å². The normalized spacial score (nSPS) is 16.5. The Morgan fingerprint density at radius 2 is 1.69 bits per heavy atom. The van der Waals surface area contributed by atoms with Crippen LogP contribution in [0, 0.1) is 24.5 Å². The average Bonchev–Trinajstić information content (AvgIpc) is 3.10. The Morgan fingerprint density at radius 1 is 1.06 bits per heavy atom. The van der Waals surface area contributed by atoms with Crippen LogP contribution in [0.25, 0.3) is 11.5 Å². The van der Waals surface area contributed by atoms with Gasteiger partial charge in [0.05, 0.1) is 13.2 Å². The predicted octanol–water partition coefficient (Wildman–Crippen LogP) is 5.39. The van der Waals surface area contributed by atoms with Crippen LogP contribution in [0.1, 0.15) is 31.6 Å². The highest BCUT2D eigenvalue weighted by molar-refractivity contribution is 5.56. The first-order valence-corrected chi connectivity index (χ1v) is 10.1.